The zero-order chi connectivity index (χ0) is 13.4. The molecule has 0 spiro atoms. The lowest BCUT2D eigenvalue weighted by molar-refractivity contribution is -0.0231. The van der Waals surface area contributed by atoms with Crippen LogP contribution in [-0.4, -0.2) is 30.4 Å². The highest BCUT2D eigenvalue weighted by Crippen LogP contribution is 2.36. The molecular weight excluding hydrogens is 304 g/mol. The number of rotatable bonds is 2. The van der Waals surface area contributed by atoms with Crippen LogP contribution in [0, 0.1) is 17.7 Å². The van der Waals surface area contributed by atoms with E-state index in [1.165, 1.54) is 18.2 Å². The Hall–Kier alpha value is -0.550. The van der Waals surface area contributed by atoms with Gasteiger partial charge in [0.15, 0.2) is 0 Å². The molecule has 1 heterocycles. The van der Waals surface area contributed by atoms with E-state index in [0.717, 1.165) is 25.9 Å². The minimum atomic E-state index is -0.484. The van der Waals surface area contributed by atoms with E-state index in [-0.39, 0.29) is 29.4 Å². The quantitative estimate of drug-likeness (QED) is 0.880. The summed E-state index contributed by atoms with van der Waals surface area (Å²) in [6.07, 6.45) is 0.819. The lowest BCUT2D eigenvalue weighted by atomic mass is 9.78. The Labute approximate surface area is 128 Å². The molecule has 6 heteroatoms. The van der Waals surface area contributed by atoms with E-state index < -0.39 is 6.10 Å². The molecule has 1 aromatic rings. The number of benzene rings is 1. The first-order valence-electron chi connectivity index (χ1n) is 6.64. The lowest BCUT2D eigenvalue weighted by Gasteiger charge is -2.35. The third-order valence-corrected chi connectivity index (χ3v) is 4.46. The Kier molecular flexibility index (Phi) is 5.13. The van der Waals surface area contributed by atoms with Crippen LogP contribution in [0.3, 0.4) is 0 Å². The predicted molar refractivity (Wildman–Crippen MR) is 78.2 cm³/mol. The van der Waals surface area contributed by atoms with Crippen molar-refractivity contribution in [2.75, 3.05) is 13.1 Å². The molecule has 0 aromatic heterocycles. The molecular formula is C14H18Cl2FNO2. The summed E-state index contributed by atoms with van der Waals surface area (Å²) < 4.78 is 18.8. The van der Waals surface area contributed by atoms with Crippen LogP contribution in [0.15, 0.2) is 18.2 Å². The molecule has 2 fully saturated rings. The van der Waals surface area contributed by atoms with Gasteiger partial charge in [-0.15, -0.1) is 12.4 Å². The van der Waals surface area contributed by atoms with Crippen molar-refractivity contribution in [2.24, 2.45) is 11.8 Å². The van der Waals surface area contributed by atoms with Crippen molar-refractivity contribution in [1.29, 1.82) is 0 Å². The number of hydrogen-bond acceptors (Lipinski definition) is 3. The van der Waals surface area contributed by atoms with Gasteiger partial charge in [-0.25, -0.2) is 4.39 Å². The molecule has 3 rings (SSSR count). The van der Waals surface area contributed by atoms with Crippen molar-refractivity contribution in [3.63, 3.8) is 0 Å². The zero-order valence-electron chi connectivity index (χ0n) is 10.9. The fraction of sp³-hybridized carbons (Fsp3) is 0.571. The average Bonchev–Trinajstić information content (AvgIpc) is 2.80. The summed E-state index contributed by atoms with van der Waals surface area (Å²) in [5.74, 6) is 1.14. The highest BCUT2D eigenvalue weighted by molar-refractivity contribution is 6.32. The number of ether oxygens (including phenoxy) is 1. The molecule has 2 N–H and O–H groups in total. The van der Waals surface area contributed by atoms with E-state index in [9.17, 15) is 9.50 Å². The zero-order valence-corrected chi connectivity index (χ0v) is 12.5. The van der Waals surface area contributed by atoms with Gasteiger partial charge in [-0.3, -0.25) is 0 Å². The SMILES string of the molecule is Cl.O[C@@H]1C[C@H]2CNC[C@H]2C[C@H]1Oc1ccc(F)cc1Cl. The maximum absolute atomic E-state index is 13.0. The van der Waals surface area contributed by atoms with Gasteiger partial charge in [-0.1, -0.05) is 11.6 Å². The fourth-order valence-corrected chi connectivity index (χ4v) is 3.33. The van der Waals surface area contributed by atoms with Crippen LogP contribution in [0.2, 0.25) is 5.02 Å². The highest BCUT2D eigenvalue weighted by Gasteiger charge is 2.39. The van der Waals surface area contributed by atoms with E-state index in [2.05, 4.69) is 5.32 Å². The molecule has 1 saturated carbocycles. The molecule has 0 radical (unpaired) electrons. The van der Waals surface area contributed by atoms with Crippen LogP contribution in [-0.2, 0) is 0 Å². The van der Waals surface area contributed by atoms with E-state index >= 15 is 0 Å². The Morgan fingerprint density at radius 3 is 2.65 bits per heavy atom. The van der Waals surface area contributed by atoms with Crippen molar-refractivity contribution >= 4 is 24.0 Å². The fourth-order valence-electron chi connectivity index (χ4n) is 3.12. The molecule has 3 nitrogen and oxygen atoms in total. The van der Waals surface area contributed by atoms with E-state index in [0.29, 0.717) is 17.6 Å². The van der Waals surface area contributed by atoms with Gasteiger partial charge in [0, 0.05) is 0 Å². The molecule has 20 heavy (non-hydrogen) atoms. The number of halogens is 3. The Balaban J connectivity index is 0.00000147. The molecule has 112 valence electrons. The molecule has 1 aromatic carbocycles. The third kappa shape index (κ3) is 3.19. The number of hydrogen-bond donors (Lipinski definition) is 2. The first-order valence-corrected chi connectivity index (χ1v) is 7.02. The smallest absolute Gasteiger partial charge is 0.138 e. The van der Waals surface area contributed by atoms with Gasteiger partial charge in [-0.2, -0.15) is 0 Å². The summed E-state index contributed by atoms with van der Waals surface area (Å²) in [5.41, 5.74) is 0. The van der Waals surface area contributed by atoms with Crippen LogP contribution < -0.4 is 10.1 Å². The summed E-state index contributed by atoms with van der Waals surface area (Å²) in [4.78, 5) is 0. The third-order valence-electron chi connectivity index (χ3n) is 4.16. The average molecular weight is 322 g/mol. The number of nitrogens with one attached hydrogen (secondary N) is 1. The minimum absolute atomic E-state index is 0. The summed E-state index contributed by atoms with van der Waals surface area (Å²) in [6, 6.07) is 4.06. The normalized spacial score (nSPS) is 32.4. The Bertz CT molecular complexity index is 474. The summed E-state index contributed by atoms with van der Waals surface area (Å²) in [7, 11) is 0. The van der Waals surface area contributed by atoms with Gasteiger partial charge in [0.25, 0.3) is 0 Å². The molecule has 1 aliphatic heterocycles. The van der Waals surface area contributed by atoms with Crippen molar-refractivity contribution in [3.05, 3.63) is 29.0 Å². The summed E-state index contributed by atoms with van der Waals surface area (Å²) >= 11 is 5.95. The summed E-state index contributed by atoms with van der Waals surface area (Å²) in [6.45, 7) is 1.96. The molecule has 1 saturated heterocycles. The van der Waals surface area contributed by atoms with Crippen molar-refractivity contribution in [2.45, 2.75) is 25.0 Å². The highest BCUT2D eigenvalue weighted by atomic mass is 35.5. The summed E-state index contributed by atoms with van der Waals surface area (Å²) in [5, 5.41) is 13.7. The molecule has 0 amide bonds. The Morgan fingerprint density at radius 2 is 1.95 bits per heavy atom. The van der Waals surface area contributed by atoms with Gasteiger partial charge in [0.2, 0.25) is 0 Å². The van der Waals surface area contributed by atoms with E-state index in [1.807, 2.05) is 0 Å². The van der Waals surface area contributed by atoms with Gasteiger partial charge in [0.05, 0.1) is 11.1 Å². The van der Waals surface area contributed by atoms with Crippen LogP contribution in [0.5, 0.6) is 5.75 Å². The predicted octanol–water partition coefficient (Wildman–Crippen LogP) is 2.64. The second kappa shape index (κ2) is 6.48. The maximum Gasteiger partial charge on any atom is 0.138 e. The minimum Gasteiger partial charge on any atom is -0.486 e. The van der Waals surface area contributed by atoms with Crippen LogP contribution in [0.1, 0.15) is 12.8 Å². The number of aliphatic hydroxyl groups is 1. The monoisotopic (exact) mass is 321 g/mol. The van der Waals surface area contributed by atoms with Crippen LogP contribution in [0.25, 0.3) is 0 Å². The van der Waals surface area contributed by atoms with Crippen molar-refractivity contribution < 1.29 is 14.2 Å². The van der Waals surface area contributed by atoms with Crippen LogP contribution >= 0.6 is 24.0 Å². The molecule has 4 atom stereocenters. The van der Waals surface area contributed by atoms with Crippen molar-refractivity contribution in [1.82, 2.24) is 5.32 Å². The molecule has 0 unspecified atom stereocenters. The van der Waals surface area contributed by atoms with Gasteiger partial charge in [-0.05, 0) is 56.0 Å². The first kappa shape index (κ1) is 15.8. The first-order chi connectivity index (χ1) is 9.13. The topological polar surface area (TPSA) is 41.5 Å². The van der Waals surface area contributed by atoms with E-state index in [4.69, 9.17) is 16.3 Å². The Morgan fingerprint density at radius 1 is 1.25 bits per heavy atom. The second-order valence-corrected chi connectivity index (χ2v) is 5.86. The lowest BCUT2D eigenvalue weighted by Crippen LogP contribution is -2.42. The second-order valence-electron chi connectivity index (χ2n) is 5.45. The van der Waals surface area contributed by atoms with Crippen molar-refractivity contribution in [3.8, 4) is 5.75 Å². The number of fused-ring (bicyclic) bond motifs is 1. The van der Waals surface area contributed by atoms with Gasteiger partial charge < -0.3 is 15.2 Å². The molecule has 2 aliphatic rings. The van der Waals surface area contributed by atoms with Gasteiger partial charge in [0.1, 0.15) is 17.7 Å². The largest absolute Gasteiger partial charge is 0.486 e. The molecule has 0 bridgehead atoms. The maximum atomic E-state index is 13.0. The number of aliphatic hydroxyl groups excluding tert-OH is 1. The van der Waals surface area contributed by atoms with E-state index in [1.54, 1.807) is 0 Å². The molecule has 1 aliphatic carbocycles. The van der Waals surface area contributed by atoms with Crippen LogP contribution in [0.4, 0.5) is 4.39 Å². The standard InChI is InChI=1S/C14H17ClFNO2.ClH/c15-11-5-10(16)1-2-13(11)19-14-4-9-7-17-6-8(9)3-12(14)18;/h1-2,5,8-9,12,14,17-18H,3-4,6-7H2;1H/t8-,9+,12+,14+;/m0./s1. The van der Waals surface area contributed by atoms with Gasteiger partial charge >= 0.3 is 0 Å².